The van der Waals surface area contributed by atoms with E-state index >= 15 is 0 Å². The molecule has 1 amide bonds. The molecule has 0 saturated heterocycles. The van der Waals surface area contributed by atoms with Crippen LogP contribution in [0.25, 0.3) is 11.8 Å². The number of hydrogen-bond donors (Lipinski definition) is 1. The van der Waals surface area contributed by atoms with E-state index in [1.807, 2.05) is 44.2 Å². The van der Waals surface area contributed by atoms with Gasteiger partial charge in [-0.05, 0) is 91.8 Å². The second-order valence-electron chi connectivity index (χ2n) is 7.57. The van der Waals surface area contributed by atoms with Crippen molar-refractivity contribution in [3.8, 4) is 5.69 Å². The smallest absolute Gasteiger partial charge is 0.283 e. The highest BCUT2D eigenvalue weighted by Gasteiger charge is 2.36. The van der Waals surface area contributed by atoms with Crippen molar-refractivity contribution in [3.63, 3.8) is 0 Å². The minimum absolute atomic E-state index is 0.0501. The van der Waals surface area contributed by atoms with Gasteiger partial charge in [0.1, 0.15) is 10.9 Å². The zero-order valence-corrected chi connectivity index (χ0v) is 19.2. The van der Waals surface area contributed by atoms with Gasteiger partial charge in [-0.25, -0.2) is 4.39 Å². The molecule has 0 fully saturated rings. The molecule has 0 spiro atoms. The molecule has 6 nitrogen and oxygen atoms in total. The third kappa shape index (κ3) is 3.81. The van der Waals surface area contributed by atoms with E-state index in [1.54, 1.807) is 18.2 Å². The molecule has 0 bridgehead atoms. The fourth-order valence-corrected chi connectivity index (χ4v) is 4.80. The Bertz CT molecular complexity index is 1400. The van der Waals surface area contributed by atoms with Gasteiger partial charge in [-0.15, -0.1) is 0 Å². The number of nitrogens with zero attached hydrogens (tertiary/aromatic N) is 4. The van der Waals surface area contributed by atoms with Crippen LogP contribution in [0, 0.1) is 25.1 Å². The Morgan fingerprint density at radius 3 is 2.48 bits per heavy atom. The molecule has 0 radical (unpaired) electrons. The molecule has 2 aliphatic heterocycles. The van der Waals surface area contributed by atoms with E-state index in [9.17, 15) is 9.18 Å². The van der Waals surface area contributed by atoms with Crippen LogP contribution in [0.3, 0.4) is 0 Å². The molecule has 33 heavy (non-hydrogen) atoms. The molecule has 0 unspecified atom stereocenters. The molecule has 0 saturated carbocycles. The zero-order chi connectivity index (χ0) is 23.3. The molecule has 5 rings (SSSR count). The van der Waals surface area contributed by atoms with Crippen LogP contribution in [0.4, 0.5) is 4.39 Å². The first-order valence-corrected chi connectivity index (χ1v) is 11.2. The Balaban J connectivity index is 1.50. The Hall–Kier alpha value is -3.49. The van der Waals surface area contributed by atoms with E-state index in [0.717, 1.165) is 22.6 Å². The van der Waals surface area contributed by atoms with Gasteiger partial charge in [-0.2, -0.15) is 15.1 Å². The van der Waals surface area contributed by atoms with Crippen LogP contribution >= 0.6 is 23.4 Å². The highest BCUT2D eigenvalue weighted by Crippen LogP contribution is 2.32. The monoisotopic (exact) mass is 477 g/mol. The van der Waals surface area contributed by atoms with E-state index in [0.29, 0.717) is 20.8 Å². The predicted octanol–water partition coefficient (Wildman–Crippen LogP) is 5.55. The minimum atomic E-state index is -0.495. The molecule has 0 aliphatic carbocycles. The average molecular weight is 478 g/mol. The average Bonchev–Trinajstić information content (AvgIpc) is 3.33. The largest absolute Gasteiger partial charge is 0.318 e. The first-order chi connectivity index (χ1) is 15.8. The fourth-order valence-electron chi connectivity index (χ4n) is 3.78. The quantitative estimate of drug-likeness (QED) is 0.502. The lowest BCUT2D eigenvalue weighted by atomic mass is 10.1. The summed E-state index contributed by atoms with van der Waals surface area (Å²) in [7, 11) is 0. The molecule has 1 aromatic heterocycles. The lowest BCUT2D eigenvalue weighted by Crippen LogP contribution is -2.35. The Kier molecular flexibility index (Phi) is 5.26. The summed E-state index contributed by atoms with van der Waals surface area (Å²) in [5.74, 6) is -0.890. The minimum Gasteiger partial charge on any atom is -0.318 e. The van der Waals surface area contributed by atoms with Crippen molar-refractivity contribution in [2.75, 3.05) is 0 Å². The van der Waals surface area contributed by atoms with Crippen molar-refractivity contribution < 1.29 is 9.18 Å². The molecule has 3 aromatic rings. The number of aromatic nitrogens is 1. The summed E-state index contributed by atoms with van der Waals surface area (Å²) in [5, 5.41) is 15.9. The van der Waals surface area contributed by atoms with Gasteiger partial charge in [0.2, 0.25) is 5.17 Å². The van der Waals surface area contributed by atoms with Crippen molar-refractivity contribution in [2.24, 2.45) is 10.1 Å². The van der Waals surface area contributed by atoms with Crippen LogP contribution in [0.5, 0.6) is 0 Å². The van der Waals surface area contributed by atoms with E-state index < -0.39 is 5.91 Å². The number of hydrazone groups is 1. The van der Waals surface area contributed by atoms with Crippen molar-refractivity contribution in [1.29, 1.82) is 5.41 Å². The number of aliphatic imine (C=N–C) groups is 1. The van der Waals surface area contributed by atoms with Crippen LogP contribution in [0.15, 0.2) is 70.3 Å². The highest BCUT2D eigenvalue weighted by molar-refractivity contribution is 8.27. The maximum atomic E-state index is 13.3. The number of benzene rings is 2. The van der Waals surface area contributed by atoms with Gasteiger partial charge in [-0.3, -0.25) is 10.2 Å². The number of fused-ring (bicyclic) bond motifs is 1. The number of rotatable bonds is 3. The Morgan fingerprint density at radius 2 is 1.79 bits per heavy atom. The summed E-state index contributed by atoms with van der Waals surface area (Å²) >= 11 is 7.20. The van der Waals surface area contributed by atoms with Gasteiger partial charge in [0.15, 0.2) is 5.84 Å². The number of hydrogen-bond acceptors (Lipinski definition) is 4. The number of nitrogens with one attached hydrogen (secondary N) is 1. The van der Waals surface area contributed by atoms with Gasteiger partial charge in [0.25, 0.3) is 5.91 Å². The van der Waals surface area contributed by atoms with Gasteiger partial charge >= 0.3 is 0 Å². The standard InChI is InChI=1S/C24H17ClFN5OS/c1-13-11-16(14(2)30(13)19-9-5-17(25)6-10-19)12-20-21(27)31-24(28-22(20)32)33-23(29-31)15-3-7-18(26)8-4-15/h3-12,27H,1-2H3/b20-12-,27-21?. The number of amidine groups is 2. The van der Waals surface area contributed by atoms with Gasteiger partial charge in [-0.1, -0.05) is 11.6 Å². The van der Waals surface area contributed by atoms with Crippen LogP contribution in [-0.2, 0) is 4.79 Å². The van der Waals surface area contributed by atoms with Crippen molar-refractivity contribution in [3.05, 3.63) is 93.5 Å². The predicted molar refractivity (Wildman–Crippen MR) is 131 cm³/mol. The van der Waals surface area contributed by atoms with E-state index in [4.69, 9.17) is 17.0 Å². The molecule has 1 N–H and O–H groups in total. The van der Waals surface area contributed by atoms with Crippen LogP contribution in [0.2, 0.25) is 5.02 Å². The molecule has 2 aliphatic rings. The summed E-state index contributed by atoms with van der Waals surface area (Å²) in [6, 6.07) is 15.4. The summed E-state index contributed by atoms with van der Waals surface area (Å²) in [4.78, 5) is 16.9. The maximum Gasteiger partial charge on any atom is 0.283 e. The Morgan fingerprint density at radius 1 is 1.09 bits per heavy atom. The van der Waals surface area contributed by atoms with Crippen LogP contribution < -0.4 is 0 Å². The molecular formula is C24H17ClFN5OS. The zero-order valence-electron chi connectivity index (χ0n) is 17.6. The van der Waals surface area contributed by atoms with E-state index in [-0.39, 0.29) is 17.2 Å². The number of aryl methyl sites for hydroxylation is 1. The van der Waals surface area contributed by atoms with Crippen molar-refractivity contribution in [1.82, 2.24) is 9.58 Å². The summed E-state index contributed by atoms with van der Waals surface area (Å²) in [6.45, 7) is 3.93. The number of amides is 1. The van der Waals surface area contributed by atoms with Gasteiger partial charge in [0, 0.05) is 27.7 Å². The summed E-state index contributed by atoms with van der Waals surface area (Å²) in [6.07, 6.45) is 1.68. The third-order valence-corrected chi connectivity index (χ3v) is 6.61. The summed E-state index contributed by atoms with van der Waals surface area (Å²) < 4.78 is 15.3. The normalized spacial score (nSPS) is 16.8. The second-order valence-corrected chi connectivity index (χ2v) is 8.96. The highest BCUT2D eigenvalue weighted by atomic mass is 35.5. The second kappa shape index (κ2) is 8.13. The number of carbonyl (C=O) groups is 1. The lowest BCUT2D eigenvalue weighted by molar-refractivity contribution is -0.114. The molecule has 164 valence electrons. The Labute approximate surface area is 198 Å². The first kappa shape index (κ1) is 21.4. The van der Waals surface area contributed by atoms with Crippen LogP contribution in [-0.4, -0.2) is 31.5 Å². The summed E-state index contributed by atoms with van der Waals surface area (Å²) in [5.41, 5.74) is 4.51. The topological polar surface area (TPSA) is 73.8 Å². The third-order valence-electron chi connectivity index (χ3n) is 5.40. The van der Waals surface area contributed by atoms with Gasteiger partial charge < -0.3 is 4.57 Å². The molecule has 3 heterocycles. The molecular weight excluding hydrogens is 461 g/mol. The number of carbonyl (C=O) groups excluding carboxylic acids is 1. The van der Waals surface area contributed by atoms with Crippen molar-refractivity contribution in [2.45, 2.75) is 13.8 Å². The van der Waals surface area contributed by atoms with E-state index in [1.165, 1.54) is 28.9 Å². The molecule has 9 heteroatoms. The van der Waals surface area contributed by atoms with Crippen molar-refractivity contribution >= 4 is 51.4 Å². The van der Waals surface area contributed by atoms with Gasteiger partial charge in [0.05, 0.1) is 5.57 Å². The fraction of sp³-hybridized carbons (Fsp3) is 0.0833. The lowest BCUT2D eigenvalue weighted by Gasteiger charge is -2.20. The number of halogens is 2. The molecule has 0 atom stereocenters. The molecule has 2 aromatic carbocycles. The maximum absolute atomic E-state index is 13.3. The van der Waals surface area contributed by atoms with Crippen LogP contribution in [0.1, 0.15) is 22.5 Å². The number of thioether (sulfide) groups is 1. The van der Waals surface area contributed by atoms with E-state index in [2.05, 4.69) is 14.7 Å². The SMILES string of the molecule is Cc1cc(/C=C2/C(=N)N3N=C(c4ccc(F)cc4)SC3=NC2=O)c(C)n1-c1ccc(Cl)cc1. The first-order valence-electron chi connectivity index (χ1n) is 10.0.